The molecular weight excluding hydrogens is 433 g/mol. The summed E-state index contributed by atoms with van der Waals surface area (Å²) in [6.07, 6.45) is 4.35. The van der Waals surface area contributed by atoms with Crippen LogP contribution in [0.4, 0.5) is 15.8 Å². The van der Waals surface area contributed by atoms with Crippen molar-refractivity contribution in [1.29, 1.82) is 0 Å². The summed E-state index contributed by atoms with van der Waals surface area (Å²) in [4.78, 5) is 15.2. The van der Waals surface area contributed by atoms with Gasteiger partial charge < -0.3 is 15.0 Å². The molecule has 2 aliphatic rings. The number of anilines is 2. The van der Waals surface area contributed by atoms with Crippen LogP contribution < -0.4 is 10.2 Å². The fourth-order valence-electron chi connectivity index (χ4n) is 4.12. The van der Waals surface area contributed by atoms with E-state index in [0.717, 1.165) is 50.5 Å². The zero-order valence-corrected chi connectivity index (χ0v) is 18.7. The van der Waals surface area contributed by atoms with E-state index in [4.69, 9.17) is 4.74 Å². The second-order valence-corrected chi connectivity index (χ2v) is 10.00. The van der Waals surface area contributed by atoms with Gasteiger partial charge in [0, 0.05) is 31.7 Å². The van der Waals surface area contributed by atoms with Gasteiger partial charge in [0.1, 0.15) is 5.82 Å². The molecule has 0 atom stereocenters. The normalized spacial score (nSPS) is 18.2. The smallest absolute Gasteiger partial charge is 0.255 e. The van der Waals surface area contributed by atoms with Crippen LogP contribution in [0.3, 0.4) is 0 Å². The average molecular weight is 462 g/mol. The SMILES string of the molecule is O=C(Nc1cc(S(=O)(=O)N2CCOCC2)ccc1N1CCCCCC1)c1cccc(F)c1. The minimum Gasteiger partial charge on any atom is -0.379 e. The average Bonchev–Trinajstić information content (AvgIpc) is 3.09. The molecule has 1 N–H and O–H groups in total. The first kappa shape index (κ1) is 22.7. The van der Waals surface area contributed by atoms with Gasteiger partial charge in [0.05, 0.1) is 29.5 Å². The van der Waals surface area contributed by atoms with Gasteiger partial charge in [-0.25, -0.2) is 12.8 Å². The molecule has 0 aromatic heterocycles. The number of hydrogen-bond donors (Lipinski definition) is 1. The Morgan fingerprint density at radius 3 is 2.34 bits per heavy atom. The van der Waals surface area contributed by atoms with E-state index < -0.39 is 21.7 Å². The van der Waals surface area contributed by atoms with Gasteiger partial charge in [-0.3, -0.25) is 4.79 Å². The summed E-state index contributed by atoms with van der Waals surface area (Å²) in [7, 11) is -3.72. The number of halogens is 1. The minimum absolute atomic E-state index is 0.118. The van der Waals surface area contributed by atoms with Crippen molar-refractivity contribution in [3.63, 3.8) is 0 Å². The summed E-state index contributed by atoms with van der Waals surface area (Å²) in [5, 5.41) is 2.83. The highest BCUT2D eigenvalue weighted by Gasteiger charge is 2.28. The number of nitrogens with zero attached hydrogens (tertiary/aromatic N) is 2. The van der Waals surface area contributed by atoms with Crippen molar-refractivity contribution in [2.24, 2.45) is 0 Å². The fraction of sp³-hybridized carbons (Fsp3) is 0.435. The van der Waals surface area contributed by atoms with Crippen molar-refractivity contribution in [1.82, 2.24) is 4.31 Å². The third-order valence-corrected chi connectivity index (χ3v) is 7.75. The lowest BCUT2D eigenvalue weighted by molar-refractivity contribution is 0.0730. The number of amides is 1. The molecule has 172 valence electrons. The van der Waals surface area contributed by atoms with Crippen LogP contribution in [-0.2, 0) is 14.8 Å². The molecule has 0 spiro atoms. The van der Waals surface area contributed by atoms with Gasteiger partial charge >= 0.3 is 0 Å². The lowest BCUT2D eigenvalue weighted by Crippen LogP contribution is -2.40. The molecule has 7 nitrogen and oxygen atoms in total. The van der Waals surface area contributed by atoms with Crippen molar-refractivity contribution < 1.29 is 22.3 Å². The first-order chi connectivity index (χ1) is 15.4. The predicted molar refractivity (Wildman–Crippen MR) is 121 cm³/mol. The third-order valence-electron chi connectivity index (χ3n) is 5.86. The molecule has 2 aromatic rings. The van der Waals surface area contributed by atoms with Crippen LogP contribution in [0.5, 0.6) is 0 Å². The largest absolute Gasteiger partial charge is 0.379 e. The van der Waals surface area contributed by atoms with E-state index in [9.17, 15) is 17.6 Å². The van der Waals surface area contributed by atoms with Crippen molar-refractivity contribution in [2.45, 2.75) is 30.6 Å². The molecule has 2 aliphatic heterocycles. The van der Waals surface area contributed by atoms with Crippen LogP contribution in [0.2, 0.25) is 0 Å². The highest BCUT2D eigenvalue weighted by molar-refractivity contribution is 7.89. The first-order valence-corrected chi connectivity index (χ1v) is 12.4. The van der Waals surface area contributed by atoms with Gasteiger partial charge in [-0.05, 0) is 49.2 Å². The molecule has 9 heteroatoms. The Balaban J connectivity index is 1.69. The van der Waals surface area contributed by atoms with Crippen LogP contribution in [0.1, 0.15) is 36.0 Å². The van der Waals surface area contributed by atoms with Crippen molar-refractivity contribution in [2.75, 3.05) is 49.6 Å². The summed E-state index contributed by atoms with van der Waals surface area (Å²) in [5.41, 5.74) is 1.36. The van der Waals surface area contributed by atoms with Crippen LogP contribution >= 0.6 is 0 Å². The minimum atomic E-state index is -3.72. The maximum absolute atomic E-state index is 13.6. The number of nitrogens with one attached hydrogen (secondary N) is 1. The zero-order chi connectivity index (χ0) is 22.6. The van der Waals surface area contributed by atoms with E-state index in [1.54, 1.807) is 12.1 Å². The van der Waals surface area contributed by atoms with Crippen molar-refractivity contribution in [3.05, 3.63) is 53.8 Å². The van der Waals surface area contributed by atoms with Gasteiger partial charge in [-0.2, -0.15) is 4.31 Å². The number of sulfonamides is 1. The highest BCUT2D eigenvalue weighted by Crippen LogP contribution is 2.32. The van der Waals surface area contributed by atoms with Gasteiger partial charge in [-0.15, -0.1) is 0 Å². The molecule has 32 heavy (non-hydrogen) atoms. The maximum atomic E-state index is 13.6. The molecule has 0 radical (unpaired) electrons. The van der Waals surface area contributed by atoms with E-state index >= 15 is 0 Å². The number of benzene rings is 2. The third kappa shape index (κ3) is 5.11. The number of ether oxygens (including phenoxy) is 1. The quantitative estimate of drug-likeness (QED) is 0.738. The monoisotopic (exact) mass is 461 g/mol. The van der Waals surface area contributed by atoms with Gasteiger partial charge in [0.2, 0.25) is 10.0 Å². The summed E-state index contributed by atoms with van der Waals surface area (Å²) >= 11 is 0. The number of carbonyl (C=O) groups excluding carboxylic acids is 1. The molecular formula is C23H28FN3O4S. The molecule has 2 fully saturated rings. The first-order valence-electron chi connectivity index (χ1n) is 11.0. The van der Waals surface area contributed by atoms with E-state index in [0.29, 0.717) is 32.0 Å². The summed E-state index contributed by atoms with van der Waals surface area (Å²) in [5.74, 6) is -0.990. The van der Waals surface area contributed by atoms with Crippen LogP contribution in [0, 0.1) is 5.82 Å². The van der Waals surface area contributed by atoms with E-state index in [-0.39, 0.29) is 10.5 Å². The number of rotatable bonds is 5. The number of morpholine rings is 1. The van der Waals surface area contributed by atoms with Gasteiger partial charge in [0.25, 0.3) is 5.91 Å². The second-order valence-electron chi connectivity index (χ2n) is 8.06. The molecule has 0 unspecified atom stereocenters. The predicted octanol–water partition coefficient (Wildman–Crippen LogP) is 3.48. The summed E-state index contributed by atoms with van der Waals surface area (Å²) in [6, 6.07) is 10.3. The topological polar surface area (TPSA) is 79.0 Å². The molecule has 4 rings (SSSR count). The van der Waals surface area contributed by atoms with Crippen molar-refractivity contribution >= 4 is 27.3 Å². The molecule has 0 bridgehead atoms. The van der Waals surface area contributed by atoms with Crippen molar-refractivity contribution in [3.8, 4) is 0 Å². The van der Waals surface area contributed by atoms with Gasteiger partial charge in [0.15, 0.2) is 0 Å². The van der Waals surface area contributed by atoms with Gasteiger partial charge in [-0.1, -0.05) is 18.9 Å². The Labute approximate surface area is 188 Å². The standard InChI is InChI=1S/C23H28FN3O4S/c24-19-7-5-6-18(16-19)23(28)25-21-17-20(32(29,30)27-12-14-31-15-13-27)8-9-22(21)26-10-3-1-2-4-11-26/h5-9,16-17H,1-4,10-15H2,(H,25,28). The number of hydrogen-bond acceptors (Lipinski definition) is 5. The Morgan fingerprint density at radius 1 is 0.938 bits per heavy atom. The highest BCUT2D eigenvalue weighted by atomic mass is 32.2. The molecule has 0 saturated carbocycles. The van der Waals surface area contributed by atoms with E-state index in [1.807, 2.05) is 0 Å². The van der Waals surface area contributed by atoms with Crippen LogP contribution in [0.15, 0.2) is 47.4 Å². The van der Waals surface area contributed by atoms with Crippen LogP contribution in [-0.4, -0.2) is 58.0 Å². The maximum Gasteiger partial charge on any atom is 0.255 e. The molecule has 1 amide bonds. The molecule has 0 aliphatic carbocycles. The zero-order valence-electron chi connectivity index (χ0n) is 17.9. The Kier molecular flexibility index (Phi) is 7.07. The molecule has 2 saturated heterocycles. The van der Waals surface area contributed by atoms with E-state index in [1.165, 1.54) is 28.6 Å². The fourth-order valence-corrected chi connectivity index (χ4v) is 5.56. The Hall–Kier alpha value is -2.49. The lowest BCUT2D eigenvalue weighted by atomic mass is 10.2. The summed E-state index contributed by atoms with van der Waals surface area (Å²) < 4.78 is 46.7. The molecule has 2 aromatic carbocycles. The second kappa shape index (κ2) is 9.97. The summed E-state index contributed by atoms with van der Waals surface area (Å²) in [6.45, 7) is 2.96. The van der Waals surface area contributed by atoms with Crippen LogP contribution in [0.25, 0.3) is 0 Å². The molecule has 2 heterocycles. The Bertz CT molecular complexity index is 1060. The number of carbonyl (C=O) groups is 1. The Morgan fingerprint density at radius 2 is 1.66 bits per heavy atom. The lowest BCUT2D eigenvalue weighted by Gasteiger charge is -2.28. The van der Waals surface area contributed by atoms with E-state index in [2.05, 4.69) is 10.2 Å².